The molecule has 0 aliphatic carbocycles. The van der Waals surface area contributed by atoms with Crippen LogP contribution in [0.5, 0.6) is 5.75 Å². The second kappa shape index (κ2) is 13.2. The van der Waals surface area contributed by atoms with E-state index in [9.17, 15) is 4.79 Å². The smallest absolute Gasteiger partial charge is 0.251 e. The number of rotatable bonds is 11. The second-order valence-corrected chi connectivity index (χ2v) is 6.99. The number of nitrogens with zero attached hydrogens (tertiary/aromatic N) is 1. The molecular formula is C24H34N4O2. The number of aliphatic imine (C=N–C) groups is 1. The molecule has 3 N–H and O–H groups in total. The number of amides is 1. The molecule has 6 nitrogen and oxygen atoms in total. The Labute approximate surface area is 180 Å². The monoisotopic (exact) mass is 410 g/mol. The van der Waals surface area contributed by atoms with Crippen molar-refractivity contribution in [1.82, 2.24) is 16.0 Å². The lowest BCUT2D eigenvalue weighted by molar-refractivity contribution is 0.0953. The number of ether oxygens (including phenoxy) is 1. The lowest BCUT2D eigenvalue weighted by Gasteiger charge is -2.13. The van der Waals surface area contributed by atoms with Crippen LogP contribution in [0.4, 0.5) is 0 Å². The summed E-state index contributed by atoms with van der Waals surface area (Å²) in [5, 5.41) is 9.57. The lowest BCUT2D eigenvalue weighted by Crippen LogP contribution is -2.38. The van der Waals surface area contributed by atoms with Gasteiger partial charge in [0.15, 0.2) is 5.96 Å². The Morgan fingerprint density at radius 3 is 2.43 bits per heavy atom. The molecule has 0 saturated heterocycles. The van der Waals surface area contributed by atoms with Crippen molar-refractivity contribution in [3.05, 3.63) is 65.2 Å². The van der Waals surface area contributed by atoms with Crippen LogP contribution in [-0.2, 0) is 13.0 Å². The van der Waals surface area contributed by atoms with Crippen LogP contribution in [0.15, 0.2) is 53.5 Å². The van der Waals surface area contributed by atoms with Gasteiger partial charge in [-0.2, -0.15) is 0 Å². The van der Waals surface area contributed by atoms with Gasteiger partial charge in [-0.25, -0.2) is 4.99 Å². The summed E-state index contributed by atoms with van der Waals surface area (Å²) in [6.07, 6.45) is 2.91. The zero-order valence-electron chi connectivity index (χ0n) is 18.3. The van der Waals surface area contributed by atoms with E-state index in [2.05, 4.69) is 33.9 Å². The van der Waals surface area contributed by atoms with Gasteiger partial charge in [-0.1, -0.05) is 43.7 Å². The minimum atomic E-state index is -0.0233. The third kappa shape index (κ3) is 7.78. The zero-order chi connectivity index (χ0) is 21.6. The fourth-order valence-corrected chi connectivity index (χ4v) is 2.98. The number of para-hydroxylation sites is 1. The van der Waals surface area contributed by atoms with E-state index in [-0.39, 0.29) is 5.91 Å². The SMILES string of the molecule is CCCCNC(=O)c1ccc(CN=C(NCC)NCCc2ccccc2OC)cc1. The molecule has 0 heterocycles. The molecule has 0 atom stereocenters. The largest absolute Gasteiger partial charge is 0.496 e. The highest BCUT2D eigenvalue weighted by atomic mass is 16.5. The van der Waals surface area contributed by atoms with E-state index in [1.807, 2.05) is 49.4 Å². The first-order valence-corrected chi connectivity index (χ1v) is 10.7. The van der Waals surface area contributed by atoms with E-state index >= 15 is 0 Å². The fourth-order valence-electron chi connectivity index (χ4n) is 2.98. The molecule has 0 aliphatic heterocycles. The maximum absolute atomic E-state index is 12.1. The summed E-state index contributed by atoms with van der Waals surface area (Å²) in [5.41, 5.74) is 2.90. The van der Waals surface area contributed by atoms with Gasteiger partial charge in [-0.3, -0.25) is 4.79 Å². The number of methoxy groups -OCH3 is 1. The number of hydrogen-bond acceptors (Lipinski definition) is 3. The van der Waals surface area contributed by atoms with Crippen molar-refractivity contribution in [2.75, 3.05) is 26.7 Å². The number of unbranched alkanes of at least 4 members (excludes halogenated alkanes) is 1. The van der Waals surface area contributed by atoms with Gasteiger partial charge >= 0.3 is 0 Å². The van der Waals surface area contributed by atoms with E-state index < -0.39 is 0 Å². The fraction of sp³-hybridized carbons (Fsp3) is 0.417. The van der Waals surface area contributed by atoms with Crippen LogP contribution in [0.1, 0.15) is 48.2 Å². The molecule has 0 fully saturated rings. The Morgan fingerprint density at radius 2 is 1.73 bits per heavy atom. The number of carbonyl (C=O) groups excluding carboxylic acids is 1. The van der Waals surface area contributed by atoms with Crippen molar-refractivity contribution in [2.45, 2.75) is 39.7 Å². The molecular weight excluding hydrogens is 376 g/mol. The molecule has 0 saturated carbocycles. The van der Waals surface area contributed by atoms with Crippen molar-refractivity contribution in [3.8, 4) is 5.75 Å². The van der Waals surface area contributed by atoms with E-state index in [0.717, 1.165) is 55.2 Å². The number of carbonyl (C=O) groups is 1. The van der Waals surface area contributed by atoms with Crippen molar-refractivity contribution in [2.24, 2.45) is 4.99 Å². The maximum atomic E-state index is 12.1. The van der Waals surface area contributed by atoms with Crippen LogP contribution < -0.4 is 20.7 Å². The van der Waals surface area contributed by atoms with Crippen molar-refractivity contribution in [1.29, 1.82) is 0 Å². The van der Waals surface area contributed by atoms with E-state index in [1.165, 1.54) is 0 Å². The normalized spacial score (nSPS) is 11.1. The summed E-state index contributed by atoms with van der Waals surface area (Å²) in [4.78, 5) is 16.8. The average molecular weight is 411 g/mol. The van der Waals surface area contributed by atoms with Gasteiger partial charge in [0, 0.05) is 25.2 Å². The summed E-state index contributed by atoms with van der Waals surface area (Å²) >= 11 is 0. The first-order valence-electron chi connectivity index (χ1n) is 10.7. The third-order valence-electron chi connectivity index (χ3n) is 4.68. The maximum Gasteiger partial charge on any atom is 0.251 e. The standard InChI is InChI=1S/C24H34N4O2/c1-4-6-16-26-23(29)21-13-11-19(12-14-21)18-28-24(25-5-2)27-17-15-20-9-7-8-10-22(20)30-3/h7-14H,4-6,15-18H2,1-3H3,(H,26,29)(H2,25,27,28). The Bertz CT molecular complexity index is 803. The molecule has 2 aromatic rings. The van der Waals surface area contributed by atoms with Gasteiger partial charge in [-0.15, -0.1) is 0 Å². The Balaban J connectivity index is 1.88. The predicted molar refractivity (Wildman–Crippen MR) is 123 cm³/mol. The minimum Gasteiger partial charge on any atom is -0.496 e. The van der Waals surface area contributed by atoms with Gasteiger partial charge < -0.3 is 20.7 Å². The molecule has 0 radical (unpaired) electrons. The Morgan fingerprint density at radius 1 is 0.967 bits per heavy atom. The molecule has 0 spiro atoms. The highest BCUT2D eigenvalue weighted by Gasteiger charge is 2.05. The van der Waals surface area contributed by atoms with Crippen LogP contribution in [0.25, 0.3) is 0 Å². The molecule has 1 amide bonds. The van der Waals surface area contributed by atoms with Gasteiger partial charge in [0.1, 0.15) is 5.75 Å². The molecule has 30 heavy (non-hydrogen) atoms. The quantitative estimate of drug-likeness (QED) is 0.301. The number of nitrogens with one attached hydrogen (secondary N) is 3. The van der Waals surface area contributed by atoms with Crippen LogP contribution >= 0.6 is 0 Å². The van der Waals surface area contributed by atoms with Crippen LogP contribution in [0, 0.1) is 0 Å². The molecule has 162 valence electrons. The summed E-state index contributed by atoms with van der Waals surface area (Å²) in [6.45, 7) is 6.95. The average Bonchev–Trinajstić information content (AvgIpc) is 2.78. The molecule has 0 aromatic heterocycles. The Kier molecular flexibility index (Phi) is 10.3. The van der Waals surface area contributed by atoms with Gasteiger partial charge in [0.25, 0.3) is 5.91 Å². The summed E-state index contributed by atoms with van der Waals surface area (Å²) in [5.74, 6) is 1.65. The summed E-state index contributed by atoms with van der Waals surface area (Å²) in [7, 11) is 1.69. The minimum absolute atomic E-state index is 0.0233. The molecule has 0 bridgehead atoms. The molecule has 0 unspecified atom stereocenters. The third-order valence-corrected chi connectivity index (χ3v) is 4.68. The number of guanidine groups is 1. The molecule has 0 aliphatic rings. The van der Waals surface area contributed by atoms with Crippen molar-refractivity contribution in [3.63, 3.8) is 0 Å². The van der Waals surface area contributed by atoms with Crippen LogP contribution in [-0.4, -0.2) is 38.6 Å². The first-order chi connectivity index (χ1) is 14.7. The van der Waals surface area contributed by atoms with Crippen molar-refractivity contribution < 1.29 is 9.53 Å². The van der Waals surface area contributed by atoms with E-state index in [1.54, 1.807) is 7.11 Å². The second-order valence-electron chi connectivity index (χ2n) is 6.99. The van der Waals surface area contributed by atoms with Gasteiger partial charge in [0.2, 0.25) is 0 Å². The topological polar surface area (TPSA) is 74.8 Å². The first kappa shape index (κ1) is 23.3. The van der Waals surface area contributed by atoms with Crippen molar-refractivity contribution >= 4 is 11.9 Å². The number of benzene rings is 2. The number of hydrogen-bond donors (Lipinski definition) is 3. The molecule has 6 heteroatoms. The molecule has 2 rings (SSSR count). The van der Waals surface area contributed by atoms with Gasteiger partial charge in [0.05, 0.1) is 13.7 Å². The van der Waals surface area contributed by atoms with E-state index in [0.29, 0.717) is 18.7 Å². The Hall–Kier alpha value is -3.02. The zero-order valence-corrected chi connectivity index (χ0v) is 18.3. The predicted octanol–water partition coefficient (Wildman–Crippen LogP) is 3.52. The van der Waals surface area contributed by atoms with Gasteiger partial charge in [-0.05, 0) is 49.1 Å². The lowest BCUT2D eigenvalue weighted by atomic mass is 10.1. The van der Waals surface area contributed by atoms with Crippen LogP contribution in [0.3, 0.4) is 0 Å². The highest BCUT2D eigenvalue weighted by Crippen LogP contribution is 2.17. The van der Waals surface area contributed by atoms with Crippen LogP contribution in [0.2, 0.25) is 0 Å². The summed E-state index contributed by atoms with van der Waals surface area (Å²) < 4.78 is 5.41. The molecule has 2 aromatic carbocycles. The van der Waals surface area contributed by atoms with E-state index in [4.69, 9.17) is 4.74 Å². The highest BCUT2D eigenvalue weighted by molar-refractivity contribution is 5.94. The summed E-state index contributed by atoms with van der Waals surface area (Å²) in [6, 6.07) is 15.7.